The second-order valence-electron chi connectivity index (χ2n) is 7.68. The topological polar surface area (TPSA) is 52.7 Å². The molecule has 1 fully saturated rings. The van der Waals surface area contributed by atoms with Gasteiger partial charge < -0.3 is 15.1 Å². The summed E-state index contributed by atoms with van der Waals surface area (Å²) in [5.41, 5.74) is 2.11. The molecule has 2 aliphatic rings. The first-order valence-corrected chi connectivity index (χ1v) is 10.1. The van der Waals surface area contributed by atoms with Crippen LogP contribution in [0.25, 0.3) is 6.08 Å². The Labute approximate surface area is 162 Å². The van der Waals surface area contributed by atoms with E-state index >= 15 is 0 Å². The molecule has 1 N–H and O–H groups in total. The predicted octanol–water partition coefficient (Wildman–Crippen LogP) is 3.33. The van der Waals surface area contributed by atoms with Crippen molar-refractivity contribution in [3.63, 3.8) is 0 Å². The number of fused-ring (bicyclic) bond motifs is 1. The van der Waals surface area contributed by atoms with E-state index in [0.29, 0.717) is 19.0 Å². The molecule has 0 bridgehead atoms. The molecule has 2 amide bonds. The van der Waals surface area contributed by atoms with Crippen molar-refractivity contribution >= 4 is 17.9 Å². The van der Waals surface area contributed by atoms with Crippen molar-refractivity contribution < 1.29 is 9.59 Å². The second kappa shape index (κ2) is 9.18. The molecule has 2 aliphatic heterocycles. The minimum absolute atomic E-state index is 0.00282. The van der Waals surface area contributed by atoms with Gasteiger partial charge >= 0.3 is 0 Å². The molecule has 0 aromatic heterocycles. The highest BCUT2D eigenvalue weighted by Crippen LogP contribution is 2.32. The van der Waals surface area contributed by atoms with Gasteiger partial charge in [0.2, 0.25) is 11.8 Å². The normalized spacial score (nSPS) is 22.4. The molecule has 5 nitrogen and oxygen atoms in total. The maximum absolute atomic E-state index is 12.5. The lowest BCUT2D eigenvalue weighted by atomic mass is 9.93. The zero-order valence-electron chi connectivity index (χ0n) is 16.5. The van der Waals surface area contributed by atoms with E-state index in [1.165, 1.54) is 25.8 Å². The van der Waals surface area contributed by atoms with Gasteiger partial charge in [-0.05, 0) is 49.9 Å². The molecule has 2 atom stereocenters. The van der Waals surface area contributed by atoms with Gasteiger partial charge in [0.05, 0.1) is 12.5 Å². The predicted molar refractivity (Wildman–Crippen MR) is 108 cm³/mol. The molecule has 2 unspecified atom stereocenters. The van der Waals surface area contributed by atoms with Gasteiger partial charge in [0.1, 0.15) is 0 Å². The van der Waals surface area contributed by atoms with Crippen LogP contribution >= 0.6 is 0 Å². The molecular weight excluding hydrogens is 338 g/mol. The van der Waals surface area contributed by atoms with Crippen LogP contribution < -0.4 is 5.32 Å². The first-order chi connectivity index (χ1) is 13.1. The quantitative estimate of drug-likeness (QED) is 0.783. The van der Waals surface area contributed by atoms with Gasteiger partial charge in [-0.25, -0.2) is 0 Å². The molecule has 1 aromatic carbocycles. The number of carbonyl (C=O) groups excluding carboxylic acids is 2. The van der Waals surface area contributed by atoms with Crippen molar-refractivity contribution in [2.45, 2.75) is 58.0 Å². The number of nitrogens with zero attached hydrogens (tertiary/aromatic N) is 2. The fourth-order valence-electron chi connectivity index (χ4n) is 4.16. The third-order valence-corrected chi connectivity index (χ3v) is 5.73. The Balaban J connectivity index is 1.51. The molecule has 1 saturated heterocycles. The van der Waals surface area contributed by atoms with Crippen molar-refractivity contribution in [2.75, 3.05) is 19.6 Å². The van der Waals surface area contributed by atoms with E-state index in [1.807, 2.05) is 30.3 Å². The van der Waals surface area contributed by atoms with E-state index in [2.05, 4.69) is 17.1 Å². The van der Waals surface area contributed by atoms with E-state index in [0.717, 1.165) is 24.1 Å². The Hall–Kier alpha value is -2.14. The van der Waals surface area contributed by atoms with Crippen LogP contribution in [-0.4, -0.2) is 47.3 Å². The van der Waals surface area contributed by atoms with Gasteiger partial charge in [0.15, 0.2) is 0 Å². The first kappa shape index (κ1) is 19.6. The summed E-state index contributed by atoms with van der Waals surface area (Å²) < 4.78 is 0. The number of nitrogens with one attached hydrogen (secondary N) is 1. The van der Waals surface area contributed by atoms with E-state index in [-0.39, 0.29) is 17.9 Å². The molecule has 0 aliphatic carbocycles. The van der Waals surface area contributed by atoms with Crippen LogP contribution in [0.2, 0.25) is 0 Å². The molecule has 2 heterocycles. The highest BCUT2D eigenvalue weighted by atomic mass is 16.2. The lowest BCUT2D eigenvalue weighted by Crippen LogP contribution is -2.39. The van der Waals surface area contributed by atoms with Gasteiger partial charge in [0, 0.05) is 32.3 Å². The van der Waals surface area contributed by atoms with Gasteiger partial charge in [0.25, 0.3) is 0 Å². The molecule has 0 saturated carbocycles. The molecule has 0 radical (unpaired) electrons. The number of hydrogen-bond acceptors (Lipinski definition) is 3. The summed E-state index contributed by atoms with van der Waals surface area (Å²) in [6.45, 7) is 6.74. The largest absolute Gasteiger partial charge is 0.356 e. The van der Waals surface area contributed by atoms with Crippen LogP contribution in [0.15, 0.2) is 30.5 Å². The Kier molecular flexibility index (Phi) is 6.67. The van der Waals surface area contributed by atoms with Gasteiger partial charge in [-0.1, -0.05) is 30.7 Å². The molecule has 5 heteroatoms. The molecule has 146 valence electrons. The van der Waals surface area contributed by atoms with E-state index in [1.54, 1.807) is 18.0 Å². The molecule has 1 aromatic rings. The third-order valence-electron chi connectivity index (χ3n) is 5.73. The number of likely N-dealkylation sites (tertiary alicyclic amines) is 1. The van der Waals surface area contributed by atoms with Gasteiger partial charge in [-0.15, -0.1) is 0 Å². The van der Waals surface area contributed by atoms with Crippen LogP contribution in [0.3, 0.4) is 0 Å². The second-order valence-corrected chi connectivity index (χ2v) is 7.68. The molecular formula is C22H31N3O2. The fourth-order valence-corrected chi connectivity index (χ4v) is 4.16. The van der Waals surface area contributed by atoms with E-state index < -0.39 is 0 Å². The Morgan fingerprint density at radius 3 is 2.81 bits per heavy atom. The van der Waals surface area contributed by atoms with Crippen LogP contribution in [-0.2, 0) is 9.59 Å². The van der Waals surface area contributed by atoms with Crippen molar-refractivity contribution in [3.8, 4) is 0 Å². The van der Waals surface area contributed by atoms with Crippen LogP contribution in [0.4, 0.5) is 0 Å². The average molecular weight is 370 g/mol. The van der Waals surface area contributed by atoms with Crippen LogP contribution in [0.1, 0.15) is 63.1 Å². The lowest BCUT2D eigenvalue weighted by Gasteiger charge is -2.33. The van der Waals surface area contributed by atoms with Crippen molar-refractivity contribution in [2.24, 2.45) is 0 Å². The summed E-state index contributed by atoms with van der Waals surface area (Å²) >= 11 is 0. The highest BCUT2D eigenvalue weighted by molar-refractivity contribution is 5.81. The standard InChI is InChI=1S/C22H31N3O2/c1-17-8-5-6-13-24(17)14-7-12-23-22(27)16-21-20-10-4-3-9-19(20)11-15-25(21)18(2)26/h3-4,9-11,15,17,21H,5-8,12-14,16H2,1-2H3,(H,23,27). The summed E-state index contributed by atoms with van der Waals surface area (Å²) in [5, 5.41) is 3.05. The summed E-state index contributed by atoms with van der Waals surface area (Å²) in [5.74, 6) is -0.0410. The maximum Gasteiger partial charge on any atom is 0.223 e. The average Bonchev–Trinajstić information content (AvgIpc) is 2.66. The molecule has 3 rings (SSSR count). The maximum atomic E-state index is 12.5. The van der Waals surface area contributed by atoms with Gasteiger partial charge in [-0.3, -0.25) is 9.59 Å². The zero-order chi connectivity index (χ0) is 19.2. The van der Waals surface area contributed by atoms with Crippen molar-refractivity contribution in [3.05, 3.63) is 41.6 Å². The number of rotatable bonds is 6. The number of piperidine rings is 1. The summed E-state index contributed by atoms with van der Waals surface area (Å²) in [7, 11) is 0. The third kappa shape index (κ3) is 4.98. The smallest absolute Gasteiger partial charge is 0.223 e. The minimum atomic E-state index is -0.231. The number of amides is 2. The van der Waals surface area contributed by atoms with Gasteiger partial charge in [-0.2, -0.15) is 0 Å². The first-order valence-electron chi connectivity index (χ1n) is 10.1. The van der Waals surface area contributed by atoms with Crippen molar-refractivity contribution in [1.29, 1.82) is 0 Å². The number of benzene rings is 1. The lowest BCUT2D eigenvalue weighted by molar-refractivity contribution is -0.129. The van der Waals surface area contributed by atoms with Crippen molar-refractivity contribution in [1.82, 2.24) is 15.1 Å². The van der Waals surface area contributed by atoms with Crippen LogP contribution in [0.5, 0.6) is 0 Å². The SMILES string of the molecule is CC(=O)N1C=Cc2ccccc2C1CC(=O)NCCCN1CCCCC1C. The van der Waals surface area contributed by atoms with E-state index in [4.69, 9.17) is 0 Å². The van der Waals surface area contributed by atoms with E-state index in [9.17, 15) is 9.59 Å². The summed E-state index contributed by atoms with van der Waals surface area (Å²) in [6, 6.07) is 8.39. The number of hydrogen-bond donors (Lipinski definition) is 1. The minimum Gasteiger partial charge on any atom is -0.356 e. The highest BCUT2D eigenvalue weighted by Gasteiger charge is 2.28. The number of carbonyl (C=O) groups is 2. The molecule has 0 spiro atoms. The molecule has 27 heavy (non-hydrogen) atoms. The Morgan fingerprint density at radius 2 is 2.04 bits per heavy atom. The Morgan fingerprint density at radius 1 is 1.22 bits per heavy atom. The summed E-state index contributed by atoms with van der Waals surface area (Å²) in [4.78, 5) is 28.7. The van der Waals surface area contributed by atoms with Crippen LogP contribution in [0, 0.1) is 0 Å². The zero-order valence-corrected chi connectivity index (χ0v) is 16.5. The fraction of sp³-hybridized carbons (Fsp3) is 0.545. The monoisotopic (exact) mass is 369 g/mol. The summed E-state index contributed by atoms with van der Waals surface area (Å²) in [6.07, 6.45) is 8.88. The Bertz CT molecular complexity index is 701.